The predicted octanol–water partition coefficient (Wildman–Crippen LogP) is 2.79. The predicted molar refractivity (Wildman–Crippen MR) is 121 cm³/mol. The van der Waals surface area contributed by atoms with Crippen LogP contribution in [-0.2, 0) is 25.5 Å². The van der Waals surface area contributed by atoms with E-state index in [-0.39, 0.29) is 37.3 Å². The Balaban J connectivity index is 1.72. The first-order chi connectivity index (χ1) is 15.7. The molecule has 0 saturated heterocycles. The summed E-state index contributed by atoms with van der Waals surface area (Å²) in [7, 11) is 0. The lowest BCUT2D eigenvalue weighted by Gasteiger charge is -2.28. The fraction of sp³-hybridized carbons (Fsp3) is 0.417. The Morgan fingerprint density at radius 1 is 1.12 bits per heavy atom. The highest BCUT2D eigenvalue weighted by atomic mass is 16.5. The first-order valence-electron chi connectivity index (χ1n) is 10.9. The van der Waals surface area contributed by atoms with E-state index >= 15 is 0 Å². The second kappa shape index (κ2) is 10.3. The van der Waals surface area contributed by atoms with Gasteiger partial charge in [-0.1, -0.05) is 19.1 Å². The highest BCUT2D eigenvalue weighted by Crippen LogP contribution is 2.22. The molecule has 0 unspecified atom stereocenters. The average Bonchev–Trinajstić information content (AvgIpc) is 2.76. The minimum atomic E-state index is -0.581. The summed E-state index contributed by atoms with van der Waals surface area (Å²) in [5.41, 5.74) is 2.60. The number of ether oxygens (including phenoxy) is 2. The summed E-state index contributed by atoms with van der Waals surface area (Å²) in [5.74, 6) is -1.16. The van der Waals surface area contributed by atoms with Crippen LogP contribution in [0.3, 0.4) is 0 Å². The summed E-state index contributed by atoms with van der Waals surface area (Å²) >= 11 is 0. The number of urea groups is 1. The van der Waals surface area contributed by atoms with Crippen LogP contribution in [0.2, 0.25) is 0 Å². The third kappa shape index (κ3) is 5.42. The first kappa shape index (κ1) is 24.0. The van der Waals surface area contributed by atoms with Crippen molar-refractivity contribution in [1.82, 2.24) is 10.6 Å². The van der Waals surface area contributed by atoms with Gasteiger partial charge >= 0.3 is 23.6 Å². The van der Waals surface area contributed by atoms with Crippen LogP contribution in [0.1, 0.15) is 43.4 Å². The van der Waals surface area contributed by atoms with Crippen LogP contribution in [0.4, 0.5) is 4.79 Å². The molecule has 1 aliphatic heterocycles. The Kier molecular flexibility index (Phi) is 7.52. The zero-order valence-electron chi connectivity index (χ0n) is 19.2. The number of benzene rings is 1. The van der Waals surface area contributed by atoms with E-state index in [0.717, 1.165) is 16.5 Å². The molecule has 0 bridgehead atoms. The lowest BCUT2D eigenvalue weighted by Crippen LogP contribution is -2.51. The van der Waals surface area contributed by atoms with Gasteiger partial charge in [-0.3, -0.25) is 4.79 Å². The quantitative estimate of drug-likeness (QED) is 0.462. The Morgan fingerprint density at radius 3 is 2.58 bits per heavy atom. The fourth-order valence-corrected chi connectivity index (χ4v) is 3.82. The molecule has 9 nitrogen and oxygen atoms in total. The van der Waals surface area contributed by atoms with Gasteiger partial charge in [0.05, 0.1) is 23.9 Å². The highest BCUT2D eigenvalue weighted by molar-refractivity contribution is 5.95. The van der Waals surface area contributed by atoms with Crippen molar-refractivity contribution in [2.75, 3.05) is 13.2 Å². The van der Waals surface area contributed by atoms with E-state index in [1.165, 1.54) is 0 Å². The smallest absolute Gasteiger partial charge is 0.339 e. The Labute approximate surface area is 191 Å². The molecule has 1 aromatic carbocycles. The van der Waals surface area contributed by atoms with Gasteiger partial charge in [-0.2, -0.15) is 0 Å². The molecule has 1 atom stereocenters. The summed E-state index contributed by atoms with van der Waals surface area (Å²) in [6.07, 6.45) is 0.552. The number of amides is 2. The zero-order valence-corrected chi connectivity index (χ0v) is 19.2. The third-order valence-electron chi connectivity index (χ3n) is 5.55. The van der Waals surface area contributed by atoms with Crippen LogP contribution in [0.5, 0.6) is 0 Å². The lowest BCUT2D eigenvalue weighted by atomic mass is 10.0. The van der Waals surface area contributed by atoms with Crippen LogP contribution in [0, 0.1) is 13.8 Å². The van der Waals surface area contributed by atoms with Crippen LogP contribution < -0.4 is 16.3 Å². The van der Waals surface area contributed by atoms with Gasteiger partial charge in [0.15, 0.2) is 0 Å². The maximum Gasteiger partial charge on any atom is 0.339 e. The van der Waals surface area contributed by atoms with E-state index in [1.807, 2.05) is 32.9 Å². The van der Waals surface area contributed by atoms with E-state index in [2.05, 4.69) is 10.6 Å². The van der Waals surface area contributed by atoms with Gasteiger partial charge < -0.3 is 24.5 Å². The van der Waals surface area contributed by atoms with Crippen molar-refractivity contribution in [2.45, 2.75) is 53.0 Å². The molecule has 2 aromatic rings. The monoisotopic (exact) mass is 456 g/mol. The van der Waals surface area contributed by atoms with Gasteiger partial charge in [-0.25, -0.2) is 14.4 Å². The summed E-state index contributed by atoms with van der Waals surface area (Å²) in [5, 5.41) is 6.00. The minimum absolute atomic E-state index is 0.0611. The molecule has 33 heavy (non-hydrogen) atoms. The molecular formula is C24H28N2O7. The molecule has 0 radical (unpaired) electrons. The molecule has 2 amide bonds. The molecule has 0 saturated carbocycles. The molecule has 0 spiro atoms. The van der Waals surface area contributed by atoms with E-state index in [9.17, 15) is 19.2 Å². The number of hydrogen-bond acceptors (Lipinski definition) is 7. The molecule has 3 rings (SSSR count). The second-order valence-corrected chi connectivity index (χ2v) is 7.83. The van der Waals surface area contributed by atoms with Crippen LogP contribution >= 0.6 is 0 Å². The number of carbonyl (C=O) groups is 3. The summed E-state index contributed by atoms with van der Waals surface area (Å²) < 4.78 is 15.8. The number of carbonyl (C=O) groups excluding carboxylic acids is 3. The number of nitrogens with one attached hydrogen (secondary N) is 2. The number of hydrogen-bond donors (Lipinski definition) is 2. The van der Waals surface area contributed by atoms with Crippen LogP contribution in [-0.4, -0.2) is 37.2 Å². The molecule has 176 valence electrons. The number of aryl methyl sites for hydroxylation is 2. The van der Waals surface area contributed by atoms with Gasteiger partial charge in [0.25, 0.3) is 0 Å². The maximum atomic E-state index is 12.4. The van der Waals surface area contributed by atoms with E-state index in [0.29, 0.717) is 17.6 Å². The molecule has 2 heterocycles. The van der Waals surface area contributed by atoms with Crippen molar-refractivity contribution in [3.63, 3.8) is 0 Å². The zero-order chi connectivity index (χ0) is 24.1. The highest BCUT2D eigenvalue weighted by Gasteiger charge is 2.32. The van der Waals surface area contributed by atoms with Gasteiger partial charge in [0, 0.05) is 17.4 Å². The Morgan fingerprint density at radius 2 is 1.88 bits per heavy atom. The van der Waals surface area contributed by atoms with Crippen molar-refractivity contribution in [2.24, 2.45) is 0 Å². The van der Waals surface area contributed by atoms with Crippen molar-refractivity contribution in [3.8, 4) is 0 Å². The Bertz CT molecular complexity index is 1180. The van der Waals surface area contributed by atoms with Gasteiger partial charge in [-0.05, 0) is 50.8 Å². The van der Waals surface area contributed by atoms with Crippen LogP contribution in [0.15, 0.2) is 38.7 Å². The van der Waals surface area contributed by atoms with Crippen LogP contribution in [0.25, 0.3) is 11.0 Å². The fourth-order valence-electron chi connectivity index (χ4n) is 3.82. The SMILES string of the molecule is CCOC(=O)C1=C(COC(=O)CCc2c(C)c3ccc(C)cc3oc2=O)NC(=O)N[C@@H]1CC. The largest absolute Gasteiger partial charge is 0.463 e. The second-order valence-electron chi connectivity index (χ2n) is 7.83. The molecule has 0 aliphatic carbocycles. The summed E-state index contributed by atoms with van der Waals surface area (Å²) in [6.45, 7) is 7.11. The number of fused-ring (bicyclic) bond motifs is 1. The van der Waals surface area contributed by atoms with Crippen molar-refractivity contribution in [1.29, 1.82) is 0 Å². The normalized spacial score (nSPS) is 15.8. The minimum Gasteiger partial charge on any atom is -0.463 e. The molecule has 1 aromatic heterocycles. The summed E-state index contributed by atoms with van der Waals surface area (Å²) in [6, 6.07) is 4.59. The number of rotatable bonds is 8. The van der Waals surface area contributed by atoms with Crippen molar-refractivity contribution >= 4 is 28.9 Å². The molecule has 1 aliphatic rings. The molecule has 0 fully saturated rings. The van der Waals surface area contributed by atoms with E-state index in [1.54, 1.807) is 13.0 Å². The third-order valence-corrected chi connectivity index (χ3v) is 5.55. The molecular weight excluding hydrogens is 428 g/mol. The summed E-state index contributed by atoms with van der Waals surface area (Å²) in [4.78, 5) is 49.2. The molecule has 9 heteroatoms. The lowest BCUT2D eigenvalue weighted by molar-refractivity contribution is -0.143. The van der Waals surface area contributed by atoms with Crippen molar-refractivity contribution < 1.29 is 28.3 Å². The first-order valence-corrected chi connectivity index (χ1v) is 10.9. The van der Waals surface area contributed by atoms with Gasteiger partial charge in [0.1, 0.15) is 12.2 Å². The Hall–Kier alpha value is -3.62. The molecule has 2 N–H and O–H groups in total. The van der Waals surface area contributed by atoms with Gasteiger partial charge in [0.2, 0.25) is 0 Å². The van der Waals surface area contributed by atoms with E-state index in [4.69, 9.17) is 13.9 Å². The van der Waals surface area contributed by atoms with Gasteiger partial charge in [-0.15, -0.1) is 0 Å². The van der Waals surface area contributed by atoms with Crippen molar-refractivity contribution in [3.05, 3.63) is 56.6 Å². The number of esters is 2. The standard InChI is InChI=1S/C24H28N2O7/c1-5-17-21(23(29)31-6-2)18(26-24(30)25-17)12-32-20(27)10-9-16-14(4)15-8-7-13(3)11-19(15)33-22(16)28/h7-8,11,17H,5-6,9-10,12H2,1-4H3,(H2,25,26,30)/t17-/m1/s1. The van der Waals surface area contributed by atoms with E-state index < -0.39 is 29.6 Å². The average molecular weight is 456 g/mol. The topological polar surface area (TPSA) is 124 Å². The maximum absolute atomic E-state index is 12.4.